The van der Waals surface area contributed by atoms with Gasteiger partial charge < -0.3 is 5.11 Å². The van der Waals surface area contributed by atoms with Crippen LogP contribution in [0, 0.1) is 0 Å². The quantitative estimate of drug-likeness (QED) is 0.445. The van der Waals surface area contributed by atoms with Gasteiger partial charge in [0.25, 0.3) is 5.91 Å². The maximum absolute atomic E-state index is 11.0. The standard InChI is InChI=1S/C11H10N2O3/c14-10(6-7-11(15)16)13-12-8-9-4-2-1-3-5-9/h1-8H,(H,13,14)(H,15,16)/b7-6-,12-8+. The van der Waals surface area contributed by atoms with Gasteiger partial charge in [-0.2, -0.15) is 5.10 Å². The Kier molecular flexibility index (Phi) is 4.46. The Labute approximate surface area is 92.1 Å². The Morgan fingerprint density at radius 2 is 1.88 bits per heavy atom. The summed E-state index contributed by atoms with van der Waals surface area (Å²) in [6.45, 7) is 0. The minimum absolute atomic E-state index is 0.588. The van der Waals surface area contributed by atoms with Crippen LogP contribution in [0.1, 0.15) is 5.56 Å². The van der Waals surface area contributed by atoms with Gasteiger partial charge in [-0.25, -0.2) is 10.2 Å². The molecule has 0 atom stereocenters. The van der Waals surface area contributed by atoms with Crippen LogP contribution < -0.4 is 5.43 Å². The Morgan fingerprint density at radius 1 is 1.19 bits per heavy atom. The Bertz CT molecular complexity index is 424. The lowest BCUT2D eigenvalue weighted by Crippen LogP contribution is -2.14. The zero-order valence-electron chi connectivity index (χ0n) is 8.33. The van der Waals surface area contributed by atoms with Crippen molar-refractivity contribution in [1.82, 2.24) is 5.43 Å². The van der Waals surface area contributed by atoms with Crippen molar-refractivity contribution in [2.45, 2.75) is 0 Å². The van der Waals surface area contributed by atoms with Crippen molar-refractivity contribution in [3.8, 4) is 0 Å². The third kappa shape index (κ3) is 4.71. The third-order valence-electron chi connectivity index (χ3n) is 1.57. The molecule has 0 aliphatic heterocycles. The molecule has 5 heteroatoms. The molecule has 0 aromatic heterocycles. The number of rotatable bonds is 4. The van der Waals surface area contributed by atoms with Gasteiger partial charge in [0, 0.05) is 12.2 Å². The first-order chi connectivity index (χ1) is 7.68. The highest BCUT2D eigenvalue weighted by atomic mass is 16.4. The number of nitrogens with zero attached hydrogens (tertiary/aromatic N) is 1. The van der Waals surface area contributed by atoms with E-state index < -0.39 is 11.9 Å². The van der Waals surface area contributed by atoms with Crippen molar-refractivity contribution < 1.29 is 14.7 Å². The summed E-state index contributed by atoms with van der Waals surface area (Å²) in [7, 11) is 0. The molecule has 1 aromatic rings. The number of carboxylic acids is 1. The smallest absolute Gasteiger partial charge is 0.328 e. The highest BCUT2D eigenvalue weighted by Crippen LogP contribution is 1.92. The molecule has 0 bridgehead atoms. The molecule has 1 rings (SSSR count). The third-order valence-corrected chi connectivity index (χ3v) is 1.57. The summed E-state index contributed by atoms with van der Waals surface area (Å²) < 4.78 is 0. The molecule has 0 fully saturated rings. The molecule has 82 valence electrons. The normalized spacial score (nSPS) is 10.8. The Hall–Kier alpha value is -2.43. The van der Waals surface area contributed by atoms with E-state index in [0.717, 1.165) is 17.7 Å². The molecular weight excluding hydrogens is 208 g/mol. The van der Waals surface area contributed by atoms with E-state index in [1.165, 1.54) is 6.21 Å². The van der Waals surface area contributed by atoms with E-state index in [2.05, 4.69) is 10.5 Å². The maximum atomic E-state index is 11.0. The van der Waals surface area contributed by atoms with Gasteiger partial charge in [0.1, 0.15) is 0 Å². The number of hydrogen-bond acceptors (Lipinski definition) is 3. The molecule has 0 unspecified atom stereocenters. The van der Waals surface area contributed by atoms with Gasteiger partial charge in [0.15, 0.2) is 0 Å². The van der Waals surface area contributed by atoms with Crippen LogP contribution in [-0.4, -0.2) is 23.2 Å². The van der Waals surface area contributed by atoms with Gasteiger partial charge in [-0.1, -0.05) is 30.3 Å². The van der Waals surface area contributed by atoms with Gasteiger partial charge in [-0.15, -0.1) is 0 Å². The molecule has 0 saturated carbocycles. The van der Waals surface area contributed by atoms with Crippen molar-refractivity contribution in [3.05, 3.63) is 48.0 Å². The largest absolute Gasteiger partial charge is 0.478 e. The summed E-state index contributed by atoms with van der Waals surface area (Å²) >= 11 is 0. The van der Waals surface area contributed by atoms with Crippen molar-refractivity contribution >= 4 is 18.1 Å². The molecule has 0 aliphatic carbocycles. The number of amides is 1. The van der Waals surface area contributed by atoms with Gasteiger partial charge >= 0.3 is 5.97 Å². The van der Waals surface area contributed by atoms with Crippen molar-refractivity contribution in [1.29, 1.82) is 0 Å². The lowest BCUT2D eigenvalue weighted by atomic mass is 10.2. The number of hydrazone groups is 1. The van der Waals surface area contributed by atoms with E-state index in [1.54, 1.807) is 0 Å². The molecule has 0 heterocycles. The first-order valence-electron chi connectivity index (χ1n) is 4.47. The van der Waals surface area contributed by atoms with Crippen LogP contribution in [0.3, 0.4) is 0 Å². The lowest BCUT2D eigenvalue weighted by Gasteiger charge is -1.92. The summed E-state index contributed by atoms with van der Waals surface area (Å²) in [5.74, 6) is -1.77. The highest BCUT2D eigenvalue weighted by Gasteiger charge is 1.93. The second kappa shape index (κ2) is 6.13. The van der Waals surface area contributed by atoms with E-state index in [-0.39, 0.29) is 0 Å². The van der Waals surface area contributed by atoms with Crippen molar-refractivity contribution in [2.24, 2.45) is 5.10 Å². The number of hydrogen-bond donors (Lipinski definition) is 2. The van der Waals surface area contributed by atoms with Gasteiger partial charge in [0.2, 0.25) is 0 Å². The second-order valence-electron chi connectivity index (χ2n) is 2.82. The van der Waals surface area contributed by atoms with Crippen LogP contribution in [0.4, 0.5) is 0 Å². The van der Waals surface area contributed by atoms with E-state index >= 15 is 0 Å². The van der Waals surface area contributed by atoms with Crippen molar-refractivity contribution in [2.75, 3.05) is 0 Å². The zero-order valence-corrected chi connectivity index (χ0v) is 8.33. The molecule has 0 spiro atoms. The van der Waals surface area contributed by atoms with Crippen LogP contribution in [0.5, 0.6) is 0 Å². The molecule has 2 N–H and O–H groups in total. The van der Waals surface area contributed by atoms with Crippen LogP contribution >= 0.6 is 0 Å². The molecule has 16 heavy (non-hydrogen) atoms. The molecule has 5 nitrogen and oxygen atoms in total. The summed E-state index contributed by atoms with van der Waals surface area (Å²) in [5.41, 5.74) is 3.00. The van der Waals surface area contributed by atoms with E-state index in [4.69, 9.17) is 5.11 Å². The molecule has 0 radical (unpaired) electrons. The van der Waals surface area contributed by atoms with Gasteiger partial charge in [-0.05, 0) is 5.56 Å². The van der Waals surface area contributed by atoms with Gasteiger partial charge in [0.05, 0.1) is 6.21 Å². The predicted octanol–water partition coefficient (Wildman–Crippen LogP) is 0.777. The van der Waals surface area contributed by atoms with Gasteiger partial charge in [-0.3, -0.25) is 4.79 Å². The predicted molar refractivity (Wildman–Crippen MR) is 59.0 cm³/mol. The zero-order chi connectivity index (χ0) is 11.8. The van der Waals surface area contributed by atoms with Crippen LogP contribution in [0.25, 0.3) is 0 Å². The highest BCUT2D eigenvalue weighted by molar-refractivity contribution is 5.94. The Balaban J connectivity index is 2.43. The number of carbonyl (C=O) groups is 2. The van der Waals surface area contributed by atoms with Crippen LogP contribution in [0.2, 0.25) is 0 Å². The average molecular weight is 218 g/mol. The topological polar surface area (TPSA) is 78.8 Å². The maximum Gasteiger partial charge on any atom is 0.328 e. The number of nitrogens with one attached hydrogen (secondary N) is 1. The van der Waals surface area contributed by atoms with E-state index in [1.807, 2.05) is 30.3 Å². The molecule has 1 amide bonds. The number of aliphatic carboxylic acids is 1. The average Bonchev–Trinajstić information content (AvgIpc) is 2.28. The fourth-order valence-corrected chi connectivity index (χ4v) is 0.894. The van der Waals surface area contributed by atoms with E-state index in [0.29, 0.717) is 0 Å². The summed E-state index contributed by atoms with van der Waals surface area (Å²) in [4.78, 5) is 21.1. The monoisotopic (exact) mass is 218 g/mol. The first-order valence-corrected chi connectivity index (χ1v) is 4.47. The molecule has 1 aromatic carbocycles. The van der Waals surface area contributed by atoms with E-state index in [9.17, 15) is 9.59 Å². The second-order valence-corrected chi connectivity index (χ2v) is 2.82. The van der Waals surface area contributed by atoms with Crippen molar-refractivity contribution in [3.63, 3.8) is 0 Å². The minimum Gasteiger partial charge on any atom is -0.478 e. The molecular formula is C11H10N2O3. The summed E-state index contributed by atoms with van der Waals surface area (Å²) in [5, 5.41) is 11.9. The molecule has 0 aliphatic rings. The van der Waals surface area contributed by atoms with Crippen LogP contribution in [-0.2, 0) is 9.59 Å². The number of carboxylic acid groups (broad SMARTS) is 1. The Morgan fingerprint density at radius 3 is 2.50 bits per heavy atom. The fourth-order valence-electron chi connectivity index (χ4n) is 0.894. The van der Waals surface area contributed by atoms with Crippen LogP contribution in [0.15, 0.2) is 47.6 Å². The SMILES string of the molecule is O=C(O)/C=C\C(=O)N/N=C/c1ccccc1. The lowest BCUT2D eigenvalue weighted by molar-refractivity contribution is -0.131. The summed E-state index contributed by atoms with van der Waals surface area (Å²) in [6, 6.07) is 9.19. The number of carbonyl (C=O) groups excluding carboxylic acids is 1. The fraction of sp³-hybridized carbons (Fsp3) is 0. The summed E-state index contributed by atoms with van der Waals surface area (Å²) in [6.07, 6.45) is 3.10. The first kappa shape index (κ1) is 11.6. The number of benzene rings is 1. The molecule has 0 saturated heterocycles. The minimum atomic E-state index is -1.18.